The summed E-state index contributed by atoms with van der Waals surface area (Å²) in [4.78, 5) is 13.8. The van der Waals surface area contributed by atoms with Crippen LogP contribution in [-0.4, -0.2) is 24.3 Å². The summed E-state index contributed by atoms with van der Waals surface area (Å²) in [5.74, 6) is 0.916. The molecule has 0 amide bonds. The van der Waals surface area contributed by atoms with Crippen molar-refractivity contribution in [1.82, 2.24) is 4.90 Å². The van der Waals surface area contributed by atoms with Crippen molar-refractivity contribution in [3.05, 3.63) is 63.6 Å². The molecule has 0 spiro atoms. The van der Waals surface area contributed by atoms with Crippen molar-refractivity contribution in [2.75, 3.05) is 13.7 Å². The summed E-state index contributed by atoms with van der Waals surface area (Å²) >= 11 is 3.58. The topological polar surface area (TPSA) is 29.5 Å². The number of nitrogens with zero attached hydrogens (tertiary/aromatic N) is 1. The molecule has 3 nitrogen and oxygen atoms in total. The lowest BCUT2D eigenvalue weighted by atomic mass is 10.1. The quantitative estimate of drug-likeness (QED) is 0.657. The van der Waals surface area contributed by atoms with Gasteiger partial charge in [-0.25, -0.2) is 0 Å². The maximum absolute atomic E-state index is 11.6. The van der Waals surface area contributed by atoms with Gasteiger partial charge in [-0.3, -0.25) is 9.69 Å². The summed E-state index contributed by atoms with van der Waals surface area (Å²) in [7, 11) is 2.07. The third kappa shape index (κ3) is 4.91. The lowest BCUT2D eigenvalue weighted by molar-refractivity contribution is 0.101. The fourth-order valence-corrected chi connectivity index (χ4v) is 2.89. The van der Waals surface area contributed by atoms with Crippen LogP contribution in [-0.2, 0) is 13.1 Å². The Kier molecular flexibility index (Phi) is 6.37. The van der Waals surface area contributed by atoms with E-state index in [1.165, 1.54) is 5.56 Å². The van der Waals surface area contributed by atoms with E-state index in [-0.39, 0.29) is 5.78 Å². The average molecular weight is 376 g/mol. The monoisotopic (exact) mass is 375 g/mol. The van der Waals surface area contributed by atoms with Gasteiger partial charge in [0, 0.05) is 28.7 Å². The standard InChI is InChI=1S/C19H22BrNO2/c1-4-23-19-10-9-15(14(2)22)11-17(19)13-21(3)12-16-7-5-6-8-18(16)20/h5-11H,4,12-13H2,1-3H3. The second-order valence-corrected chi connectivity index (χ2v) is 6.43. The molecule has 0 aliphatic carbocycles. The molecular formula is C19H22BrNO2. The number of benzene rings is 2. The molecule has 0 aromatic heterocycles. The molecule has 0 N–H and O–H groups in total. The molecule has 0 heterocycles. The average Bonchev–Trinajstić information content (AvgIpc) is 2.51. The molecule has 0 saturated heterocycles. The Bertz CT molecular complexity index is 685. The summed E-state index contributed by atoms with van der Waals surface area (Å²) in [5.41, 5.74) is 2.99. The maximum atomic E-state index is 11.6. The number of rotatable bonds is 7. The predicted octanol–water partition coefficient (Wildman–Crippen LogP) is 4.68. The van der Waals surface area contributed by atoms with E-state index in [2.05, 4.69) is 33.9 Å². The molecule has 23 heavy (non-hydrogen) atoms. The lowest BCUT2D eigenvalue weighted by Crippen LogP contribution is -2.18. The van der Waals surface area contributed by atoms with Crippen LogP contribution < -0.4 is 4.74 Å². The predicted molar refractivity (Wildman–Crippen MR) is 96.9 cm³/mol. The van der Waals surface area contributed by atoms with Gasteiger partial charge in [0.25, 0.3) is 0 Å². The Morgan fingerprint density at radius 3 is 2.48 bits per heavy atom. The van der Waals surface area contributed by atoms with Gasteiger partial charge >= 0.3 is 0 Å². The highest BCUT2D eigenvalue weighted by Gasteiger charge is 2.11. The molecule has 0 aliphatic rings. The van der Waals surface area contributed by atoms with E-state index in [1.54, 1.807) is 6.92 Å². The largest absolute Gasteiger partial charge is 0.494 e. The first kappa shape index (κ1) is 17.7. The number of carbonyl (C=O) groups is 1. The Hall–Kier alpha value is -1.65. The molecule has 0 saturated carbocycles. The SMILES string of the molecule is CCOc1ccc(C(C)=O)cc1CN(C)Cc1ccccc1Br. The van der Waals surface area contributed by atoms with Gasteiger partial charge in [0.1, 0.15) is 5.75 Å². The third-order valence-corrected chi connectivity index (χ3v) is 4.38. The van der Waals surface area contributed by atoms with Crippen LogP contribution in [0.1, 0.15) is 35.3 Å². The number of carbonyl (C=O) groups excluding carboxylic acids is 1. The van der Waals surface area contributed by atoms with E-state index in [0.717, 1.165) is 34.4 Å². The zero-order valence-electron chi connectivity index (χ0n) is 13.8. The third-order valence-electron chi connectivity index (χ3n) is 3.61. The number of hydrogen-bond donors (Lipinski definition) is 0. The summed E-state index contributed by atoms with van der Waals surface area (Å²) in [6.07, 6.45) is 0. The molecule has 0 unspecified atom stereocenters. The van der Waals surface area contributed by atoms with Crippen molar-refractivity contribution in [3.8, 4) is 5.75 Å². The van der Waals surface area contributed by atoms with Gasteiger partial charge < -0.3 is 4.74 Å². The van der Waals surface area contributed by atoms with E-state index < -0.39 is 0 Å². The highest BCUT2D eigenvalue weighted by molar-refractivity contribution is 9.10. The molecule has 2 aromatic carbocycles. The highest BCUT2D eigenvalue weighted by atomic mass is 79.9. The van der Waals surface area contributed by atoms with Crippen LogP contribution in [0.4, 0.5) is 0 Å². The summed E-state index contributed by atoms with van der Waals surface area (Å²) in [6, 6.07) is 13.9. The van der Waals surface area contributed by atoms with Crippen molar-refractivity contribution in [2.45, 2.75) is 26.9 Å². The maximum Gasteiger partial charge on any atom is 0.159 e. The minimum absolute atomic E-state index is 0.0720. The molecule has 0 fully saturated rings. The number of ketones is 1. The molecular weight excluding hydrogens is 354 g/mol. The molecule has 0 radical (unpaired) electrons. The van der Waals surface area contributed by atoms with Crippen LogP contribution in [0.15, 0.2) is 46.9 Å². The van der Waals surface area contributed by atoms with E-state index in [1.807, 2.05) is 43.3 Å². The number of hydrogen-bond acceptors (Lipinski definition) is 3. The van der Waals surface area contributed by atoms with Crippen molar-refractivity contribution in [3.63, 3.8) is 0 Å². The lowest BCUT2D eigenvalue weighted by Gasteiger charge is -2.20. The molecule has 0 atom stereocenters. The van der Waals surface area contributed by atoms with Gasteiger partial charge in [0.2, 0.25) is 0 Å². The number of halogens is 1. The van der Waals surface area contributed by atoms with Crippen molar-refractivity contribution in [2.24, 2.45) is 0 Å². The van der Waals surface area contributed by atoms with Crippen molar-refractivity contribution < 1.29 is 9.53 Å². The van der Waals surface area contributed by atoms with Crippen LogP contribution in [0.5, 0.6) is 5.75 Å². The van der Waals surface area contributed by atoms with Gasteiger partial charge in [-0.15, -0.1) is 0 Å². The fourth-order valence-electron chi connectivity index (χ4n) is 2.48. The molecule has 0 aliphatic heterocycles. The summed E-state index contributed by atoms with van der Waals surface area (Å²) in [6.45, 7) is 5.70. The number of Topliss-reactive ketones (excluding diaryl/α,β-unsaturated/α-hetero) is 1. The number of ether oxygens (including phenoxy) is 1. The van der Waals surface area contributed by atoms with E-state index in [4.69, 9.17) is 4.74 Å². The fraction of sp³-hybridized carbons (Fsp3) is 0.316. The Morgan fingerprint density at radius 1 is 1.13 bits per heavy atom. The summed E-state index contributed by atoms with van der Waals surface area (Å²) < 4.78 is 6.81. The Labute approximate surface area is 146 Å². The molecule has 2 rings (SSSR count). The van der Waals surface area contributed by atoms with E-state index in [0.29, 0.717) is 6.61 Å². The van der Waals surface area contributed by atoms with E-state index in [9.17, 15) is 4.79 Å². The molecule has 4 heteroatoms. The van der Waals surface area contributed by atoms with Crippen molar-refractivity contribution in [1.29, 1.82) is 0 Å². The second kappa shape index (κ2) is 8.27. The zero-order chi connectivity index (χ0) is 16.8. The van der Waals surface area contributed by atoms with Gasteiger partial charge in [-0.05, 0) is 50.7 Å². The molecule has 122 valence electrons. The van der Waals surface area contributed by atoms with Crippen LogP contribution in [0.3, 0.4) is 0 Å². The smallest absolute Gasteiger partial charge is 0.159 e. The second-order valence-electron chi connectivity index (χ2n) is 5.58. The minimum Gasteiger partial charge on any atom is -0.494 e. The molecule has 0 bridgehead atoms. The minimum atomic E-state index is 0.0720. The van der Waals surface area contributed by atoms with Gasteiger partial charge in [-0.2, -0.15) is 0 Å². The first-order valence-electron chi connectivity index (χ1n) is 7.70. The van der Waals surface area contributed by atoms with E-state index >= 15 is 0 Å². The van der Waals surface area contributed by atoms with Gasteiger partial charge in [-0.1, -0.05) is 34.1 Å². The van der Waals surface area contributed by atoms with Gasteiger partial charge in [0.05, 0.1) is 6.61 Å². The van der Waals surface area contributed by atoms with Crippen LogP contribution >= 0.6 is 15.9 Å². The van der Waals surface area contributed by atoms with Crippen LogP contribution in [0, 0.1) is 0 Å². The van der Waals surface area contributed by atoms with Gasteiger partial charge in [0.15, 0.2) is 5.78 Å². The zero-order valence-corrected chi connectivity index (χ0v) is 15.4. The van der Waals surface area contributed by atoms with Crippen LogP contribution in [0.25, 0.3) is 0 Å². The Morgan fingerprint density at radius 2 is 1.83 bits per heavy atom. The first-order chi connectivity index (χ1) is 11.0. The normalized spacial score (nSPS) is 10.8. The van der Waals surface area contributed by atoms with Crippen molar-refractivity contribution >= 4 is 21.7 Å². The van der Waals surface area contributed by atoms with Crippen LogP contribution in [0.2, 0.25) is 0 Å². The Balaban J connectivity index is 2.18. The summed E-state index contributed by atoms with van der Waals surface area (Å²) in [5, 5.41) is 0. The first-order valence-corrected chi connectivity index (χ1v) is 8.49. The molecule has 2 aromatic rings. The highest BCUT2D eigenvalue weighted by Crippen LogP contribution is 2.24.